The second kappa shape index (κ2) is 11.5. The molecule has 0 unspecified atom stereocenters. The van der Waals surface area contributed by atoms with E-state index in [4.69, 9.17) is 9.39 Å². The van der Waals surface area contributed by atoms with Gasteiger partial charge in [0.2, 0.25) is 0 Å². The number of aromatic hydroxyl groups is 1. The SMILES string of the molecule is C/C(=C\c1ccc(O)cc1)CC[C@H]1OB(O)C[C@H]2C1=C(COc1ccccc1)C[C@H]1C(=O)c3ccccc3C(=O)[C@H]12. The molecule has 2 N–H and O–H groups in total. The quantitative estimate of drug-likeness (QED) is 0.271. The predicted octanol–water partition coefficient (Wildman–Crippen LogP) is 6.16. The van der Waals surface area contributed by atoms with Crippen LogP contribution in [0.15, 0.2) is 95.6 Å². The number of hydrogen-bond donors (Lipinski definition) is 2. The number of hydrogen-bond acceptors (Lipinski definition) is 6. The Morgan fingerprint density at radius 1 is 0.951 bits per heavy atom. The van der Waals surface area contributed by atoms with Crippen molar-refractivity contribution in [3.05, 3.63) is 112 Å². The Bertz CT molecular complexity index is 1510. The first kappa shape index (κ1) is 27.2. The molecule has 0 radical (unpaired) electrons. The lowest BCUT2D eigenvalue weighted by Gasteiger charge is -2.47. The Morgan fingerprint density at radius 3 is 2.37 bits per heavy atom. The number of para-hydroxylation sites is 1. The fourth-order valence-electron chi connectivity index (χ4n) is 6.77. The first-order valence-corrected chi connectivity index (χ1v) is 14.3. The summed E-state index contributed by atoms with van der Waals surface area (Å²) in [5, 5.41) is 20.5. The van der Waals surface area contributed by atoms with E-state index >= 15 is 0 Å². The molecule has 3 aromatic carbocycles. The van der Waals surface area contributed by atoms with Crippen molar-refractivity contribution in [1.29, 1.82) is 0 Å². The predicted molar refractivity (Wildman–Crippen MR) is 158 cm³/mol. The summed E-state index contributed by atoms with van der Waals surface area (Å²) in [5.41, 5.74) is 5.08. The number of phenolic OH excluding ortho intramolecular Hbond substituents is 1. The average molecular weight is 548 g/mol. The lowest BCUT2D eigenvalue weighted by atomic mass is 9.54. The number of phenols is 1. The molecule has 1 saturated heterocycles. The van der Waals surface area contributed by atoms with Crippen molar-refractivity contribution in [3.63, 3.8) is 0 Å². The topological polar surface area (TPSA) is 93.1 Å². The molecule has 0 bridgehead atoms. The molecule has 1 heterocycles. The van der Waals surface area contributed by atoms with Gasteiger partial charge in [0, 0.05) is 23.0 Å². The van der Waals surface area contributed by atoms with Crippen LogP contribution in [0, 0.1) is 17.8 Å². The number of fused-ring (bicyclic) bond motifs is 4. The Kier molecular flexibility index (Phi) is 7.65. The zero-order valence-corrected chi connectivity index (χ0v) is 23.0. The third-order valence-corrected chi connectivity index (χ3v) is 8.63. The minimum Gasteiger partial charge on any atom is -0.508 e. The number of benzene rings is 3. The van der Waals surface area contributed by atoms with E-state index in [1.54, 1.807) is 36.4 Å². The summed E-state index contributed by atoms with van der Waals surface area (Å²) in [7, 11) is -1.02. The minimum absolute atomic E-state index is 0.00771. The van der Waals surface area contributed by atoms with Crippen molar-refractivity contribution < 1.29 is 29.1 Å². The highest BCUT2D eigenvalue weighted by Crippen LogP contribution is 2.51. The van der Waals surface area contributed by atoms with E-state index in [0.29, 0.717) is 37.0 Å². The van der Waals surface area contributed by atoms with Crippen LogP contribution in [0.5, 0.6) is 11.5 Å². The molecule has 0 amide bonds. The molecule has 6 nitrogen and oxygen atoms in total. The van der Waals surface area contributed by atoms with Gasteiger partial charge in [0.25, 0.3) is 0 Å². The lowest BCUT2D eigenvalue weighted by Crippen LogP contribution is -2.51. The summed E-state index contributed by atoms with van der Waals surface area (Å²) in [4.78, 5) is 27.6. The van der Waals surface area contributed by atoms with E-state index in [9.17, 15) is 19.7 Å². The van der Waals surface area contributed by atoms with E-state index in [1.165, 1.54) is 0 Å². The summed E-state index contributed by atoms with van der Waals surface area (Å²) < 4.78 is 12.3. The zero-order valence-electron chi connectivity index (χ0n) is 23.0. The number of allylic oxidation sites excluding steroid dienone is 1. The number of ether oxygens (including phenoxy) is 1. The largest absolute Gasteiger partial charge is 0.508 e. The average Bonchev–Trinajstić information content (AvgIpc) is 2.98. The Balaban J connectivity index is 1.33. The maximum Gasteiger partial charge on any atom is 0.455 e. The van der Waals surface area contributed by atoms with Crippen LogP contribution in [0.1, 0.15) is 52.5 Å². The standard InChI is InChI=1S/C34H33BO6/c1-21(17-22-12-14-24(36)15-13-22)11-16-30-31-23(20-40-25-7-3-2-4-8-25)18-28-32(29(31)19-35(39)41-30)34(38)27-10-6-5-9-26(27)33(28)37/h2-10,12-15,17,28-30,32,36,39H,11,16,18-20H2,1H3/b21-17+/t28-,29+,30-,32-/m1/s1. The molecule has 3 aliphatic rings. The Hall–Kier alpha value is -3.94. The van der Waals surface area contributed by atoms with Crippen LogP contribution < -0.4 is 4.74 Å². The summed E-state index contributed by atoms with van der Waals surface area (Å²) in [6, 6.07) is 23.7. The van der Waals surface area contributed by atoms with Gasteiger partial charge >= 0.3 is 7.12 Å². The number of rotatable bonds is 7. The van der Waals surface area contributed by atoms with Gasteiger partial charge in [-0.2, -0.15) is 0 Å². The molecule has 4 atom stereocenters. The molecular formula is C34H33BO6. The van der Waals surface area contributed by atoms with E-state index in [1.807, 2.05) is 42.5 Å². The monoisotopic (exact) mass is 548 g/mol. The molecule has 7 heteroatoms. The molecule has 0 saturated carbocycles. The third kappa shape index (κ3) is 5.52. The first-order chi connectivity index (χ1) is 19.9. The van der Waals surface area contributed by atoms with Gasteiger partial charge in [0.05, 0.1) is 6.10 Å². The highest BCUT2D eigenvalue weighted by atomic mass is 16.5. The second-order valence-corrected chi connectivity index (χ2v) is 11.3. The van der Waals surface area contributed by atoms with Crippen molar-refractivity contribution >= 4 is 24.8 Å². The van der Waals surface area contributed by atoms with Crippen molar-refractivity contribution in [1.82, 2.24) is 0 Å². The number of carbonyl (C=O) groups excluding carboxylic acids is 2. The zero-order chi connectivity index (χ0) is 28.5. The van der Waals surface area contributed by atoms with E-state index in [-0.39, 0.29) is 29.6 Å². The molecule has 0 aromatic heterocycles. The Morgan fingerprint density at radius 2 is 1.63 bits per heavy atom. The third-order valence-electron chi connectivity index (χ3n) is 8.63. The maximum absolute atomic E-state index is 13.9. The van der Waals surface area contributed by atoms with Crippen LogP contribution in [-0.2, 0) is 4.65 Å². The van der Waals surface area contributed by atoms with Gasteiger partial charge in [-0.05, 0) is 79.4 Å². The van der Waals surface area contributed by atoms with Crippen LogP contribution in [0.2, 0.25) is 6.32 Å². The number of Topliss-reactive ketones (excluding diaryl/α,β-unsaturated/α-hetero) is 2. The normalized spacial score (nSPS) is 24.0. The second-order valence-electron chi connectivity index (χ2n) is 11.3. The van der Waals surface area contributed by atoms with Gasteiger partial charge in [0.15, 0.2) is 11.6 Å². The van der Waals surface area contributed by atoms with Crippen LogP contribution in [0.3, 0.4) is 0 Å². The van der Waals surface area contributed by atoms with Crippen molar-refractivity contribution in [2.24, 2.45) is 17.8 Å². The van der Waals surface area contributed by atoms with E-state index in [2.05, 4.69) is 13.0 Å². The number of carbonyl (C=O) groups is 2. The van der Waals surface area contributed by atoms with Crippen molar-refractivity contribution in [2.45, 2.75) is 38.6 Å². The molecule has 0 spiro atoms. The molecule has 1 aliphatic heterocycles. The number of ketones is 2. The maximum atomic E-state index is 13.9. The van der Waals surface area contributed by atoms with E-state index in [0.717, 1.165) is 28.0 Å². The minimum atomic E-state index is -1.02. The van der Waals surface area contributed by atoms with Gasteiger partial charge in [-0.25, -0.2) is 0 Å². The highest BCUT2D eigenvalue weighted by Gasteiger charge is 2.53. The lowest BCUT2D eigenvalue weighted by molar-refractivity contribution is 0.0592. The summed E-state index contributed by atoms with van der Waals surface area (Å²) in [5.74, 6) is -0.384. The fourth-order valence-corrected chi connectivity index (χ4v) is 6.77. The van der Waals surface area contributed by atoms with Crippen LogP contribution in [0.25, 0.3) is 6.08 Å². The van der Waals surface area contributed by atoms with Gasteiger partial charge in [-0.15, -0.1) is 0 Å². The van der Waals surface area contributed by atoms with Crippen LogP contribution >= 0.6 is 0 Å². The highest BCUT2D eigenvalue weighted by molar-refractivity contribution is 6.43. The van der Waals surface area contributed by atoms with Crippen molar-refractivity contribution in [2.75, 3.05) is 6.61 Å². The molecular weight excluding hydrogens is 515 g/mol. The molecule has 3 aromatic rings. The fraction of sp³-hybridized carbons (Fsp3) is 0.294. The smallest absolute Gasteiger partial charge is 0.455 e. The van der Waals surface area contributed by atoms with Crippen LogP contribution in [0.4, 0.5) is 0 Å². The molecule has 1 fully saturated rings. The first-order valence-electron chi connectivity index (χ1n) is 14.3. The van der Waals surface area contributed by atoms with Gasteiger partial charge in [0.1, 0.15) is 18.1 Å². The molecule has 6 rings (SSSR count). The van der Waals surface area contributed by atoms with Gasteiger partial charge in [-0.1, -0.05) is 66.2 Å². The van der Waals surface area contributed by atoms with Gasteiger partial charge in [-0.3, -0.25) is 9.59 Å². The molecule has 2 aliphatic carbocycles. The van der Waals surface area contributed by atoms with Crippen molar-refractivity contribution in [3.8, 4) is 11.5 Å². The van der Waals surface area contributed by atoms with E-state index < -0.39 is 25.1 Å². The summed E-state index contributed by atoms with van der Waals surface area (Å²) in [6.07, 6.45) is 3.70. The Labute approximate surface area is 240 Å². The van der Waals surface area contributed by atoms with Crippen LogP contribution in [-0.4, -0.2) is 41.5 Å². The molecule has 208 valence electrons. The van der Waals surface area contributed by atoms with Gasteiger partial charge < -0.3 is 19.5 Å². The molecule has 41 heavy (non-hydrogen) atoms. The summed E-state index contributed by atoms with van der Waals surface area (Å²) >= 11 is 0. The summed E-state index contributed by atoms with van der Waals surface area (Å²) in [6.45, 7) is 2.34.